The van der Waals surface area contributed by atoms with E-state index in [2.05, 4.69) is 0 Å². The van der Waals surface area contributed by atoms with Gasteiger partial charge in [0.15, 0.2) is 6.61 Å². The number of methoxy groups -OCH3 is 1. The highest BCUT2D eigenvalue weighted by molar-refractivity contribution is 5.98. The molecule has 1 aliphatic heterocycles. The van der Waals surface area contributed by atoms with Crippen LogP contribution in [0, 0.1) is 0 Å². The average molecular weight is 380 g/mol. The minimum atomic E-state index is -0.111. The summed E-state index contributed by atoms with van der Waals surface area (Å²) in [4.78, 5) is 28.9. The number of anilines is 1. The number of nitrogens with zero attached hydrogens (tertiary/aromatic N) is 2. The lowest BCUT2D eigenvalue weighted by molar-refractivity contribution is -0.132. The number of hydrogen-bond donors (Lipinski definition) is 0. The molecule has 0 N–H and O–H groups in total. The maximum absolute atomic E-state index is 12.9. The average Bonchev–Trinajstić information content (AvgIpc) is 3.56. The zero-order chi connectivity index (χ0) is 19.5. The summed E-state index contributed by atoms with van der Waals surface area (Å²) in [5.74, 6) is 1.46. The summed E-state index contributed by atoms with van der Waals surface area (Å²) < 4.78 is 10.7. The SMILES string of the molecule is COc1ccc(CN(C(=O)CCN2C(=O)COc3ccccc32)C2CC2)cc1. The Morgan fingerprint density at radius 1 is 1.18 bits per heavy atom. The normalized spacial score (nSPS) is 15.6. The number of carbonyl (C=O) groups is 2. The Labute approximate surface area is 164 Å². The molecule has 146 valence electrons. The van der Waals surface area contributed by atoms with Crippen LogP contribution in [0.1, 0.15) is 24.8 Å². The van der Waals surface area contributed by atoms with Crippen molar-refractivity contribution in [1.29, 1.82) is 0 Å². The molecule has 28 heavy (non-hydrogen) atoms. The van der Waals surface area contributed by atoms with E-state index in [4.69, 9.17) is 9.47 Å². The maximum atomic E-state index is 12.9. The van der Waals surface area contributed by atoms with Gasteiger partial charge in [0, 0.05) is 25.6 Å². The third kappa shape index (κ3) is 3.96. The van der Waals surface area contributed by atoms with Gasteiger partial charge in [-0.1, -0.05) is 24.3 Å². The standard InChI is InChI=1S/C22H24N2O4/c1-27-18-10-6-16(7-11-18)14-24(17-8-9-17)21(25)12-13-23-19-4-2-3-5-20(19)28-15-22(23)26/h2-7,10-11,17H,8-9,12-15H2,1H3. The number of benzene rings is 2. The molecule has 0 bridgehead atoms. The summed E-state index contributed by atoms with van der Waals surface area (Å²) in [5, 5.41) is 0. The molecule has 1 fully saturated rings. The van der Waals surface area contributed by atoms with Crippen molar-refractivity contribution < 1.29 is 19.1 Å². The number of ether oxygens (including phenoxy) is 2. The van der Waals surface area contributed by atoms with Crippen LogP contribution in [-0.4, -0.2) is 43.0 Å². The molecule has 0 saturated heterocycles. The number of fused-ring (bicyclic) bond motifs is 1. The minimum Gasteiger partial charge on any atom is -0.497 e. The fourth-order valence-electron chi connectivity index (χ4n) is 3.48. The molecule has 0 unspecified atom stereocenters. The van der Waals surface area contributed by atoms with Crippen molar-refractivity contribution in [2.45, 2.75) is 31.8 Å². The number of para-hydroxylation sites is 2. The van der Waals surface area contributed by atoms with E-state index in [1.807, 2.05) is 53.4 Å². The predicted molar refractivity (Wildman–Crippen MR) is 105 cm³/mol. The molecule has 2 aliphatic rings. The van der Waals surface area contributed by atoms with Crippen molar-refractivity contribution in [2.24, 2.45) is 0 Å². The Kier molecular flexibility index (Phi) is 5.19. The topological polar surface area (TPSA) is 59.1 Å². The predicted octanol–water partition coefficient (Wildman–Crippen LogP) is 3.00. The molecule has 0 radical (unpaired) electrons. The zero-order valence-electron chi connectivity index (χ0n) is 16.0. The van der Waals surface area contributed by atoms with E-state index in [1.54, 1.807) is 12.0 Å². The first kappa shape index (κ1) is 18.3. The molecule has 4 rings (SSSR count). The lowest BCUT2D eigenvalue weighted by Crippen LogP contribution is -2.42. The largest absolute Gasteiger partial charge is 0.497 e. The van der Waals surface area contributed by atoms with E-state index in [1.165, 1.54) is 0 Å². The first-order valence-electron chi connectivity index (χ1n) is 9.60. The number of amides is 2. The van der Waals surface area contributed by atoms with E-state index in [0.717, 1.165) is 29.8 Å². The number of hydrogen-bond acceptors (Lipinski definition) is 4. The van der Waals surface area contributed by atoms with Gasteiger partial charge in [0.25, 0.3) is 5.91 Å². The molecular weight excluding hydrogens is 356 g/mol. The quantitative estimate of drug-likeness (QED) is 0.741. The van der Waals surface area contributed by atoms with E-state index < -0.39 is 0 Å². The van der Waals surface area contributed by atoms with Crippen LogP contribution in [0.25, 0.3) is 0 Å². The van der Waals surface area contributed by atoms with Gasteiger partial charge >= 0.3 is 0 Å². The van der Waals surface area contributed by atoms with Crippen LogP contribution in [0.2, 0.25) is 0 Å². The molecule has 1 saturated carbocycles. The van der Waals surface area contributed by atoms with Crippen molar-refractivity contribution in [3.63, 3.8) is 0 Å². The molecule has 2 aromatic carbocycles. The molecule has 2 amide bonds. The van der Waals surface area contributed by atoms with Gasteiger partial charge in [-0.05, 0) is 42.7 Å². The highest BCUT2D eigenvalue weighted by atomic mass is 16.5. The summed E-state index contributed by atoms with van der Waals surface area (Å²) in [6.45, 7) is 0.967. The monoisotopic (exact) mass is 380 g/mol. The highest BCUT2D eigenvalue weighted by Gasteiger charge is 2.33. The van der Waals surface area contributed by atoms with E-state index >= 15 is 0 Å². The van der Waals surface area contributed by atoms with E-state index in [0.29, 0.717) is 31.3 Å². The Bertz CT molecular complexity index is 861. The van der Waals surface area contributed by atoms with Gasteiger partial charge in [0.2, 0.25) is 5.91 Å². The second-order valence-corrected chi connectivity index (χ2v) is 7.15. The van der Waals surface area contributed by atoms with Gasteiger partial charge in [0.1, 0.15) is 11.5 Å². The van der Waals surface area contributed by atoms with Gasteiger partial charge in [-0.15, -0.1) is 0 Å². The maximum Gasteiger partial charge on any atom is 0.265 e. The first-order chi connectivity index (χ1) is 13.7. The van der Waals surface area contributed by atoms with Crippen LogP contribution in [0.15, 0.2) is 48.5 Å². The van der Waals surface area contributed by atoms with Crippen molar-refractivity contribution in [3.8, 4) is 11.5 Å². The van der Waals surface area contributed by atoms with Crippen molar-refractivity contribution in [2.75, 3.05) is 25.2 Å². The first-order valence-corrected chi connectivity index (χ1v) is 9.60. The van der Waals surface area contributed by atoms with Crippen LogP contribution in [-0.2, 0) is 16.1 Å². The lowest BCUT2D eigenvalue weighted by Gasteiger charge is -2.30. The lowest BCUT2D eigenvalue weighted by atomic mass is 10.2. The third-order valence-electron chi connectivity index (χ3n) is 5.18. The Balaban J connectivity index is 1.42. The molecule has 0 atom stereocenters. The summed E-state index contributed by atoms with van der Waals surface area (Å²) >= 11 is 0. The minimum absolute atomic E-state index is 0.0173. The fourth-order valence-corrected chi connectivity index (χ4v) is 3.48. The molecule has 6 heteroatoms. The molecular formula is C22H24N2O4. The van der Waals surface area contributed by atoms with Crippen LogP contribution in [0.3, 0.4) is 0 Å². The molecule has 0 spiro atoms. The summed E-state index contributed by atoms with van der Waals surface area (Å²) in [6, 6.07) is 15.6. The van der Waals surface area contributed by atoms with Crippen molar-refractivity contribution in [3.05, 3.63) is 54.1 Å². The van der Waals surface area contributed by atoms with Gasteiger partial charge in [0.05, 0.1) is 12.8 Å². The molecule has 1 heterocycles. The Morgan fingerprint density at radius 3 is 2.64 bits per heavy atom. The number of rotatable bonds is 7. The van der Waals surface area contributed by atoms with Crippen LogP contribution < -0.4 is 14.4 Å². The van der Waals surface area contributed by atoms with Gasteiger partial charge in [-0.3, -0.25) is 9.59 Å². The van der Waals surface area contributed by atoms with Crippen LogP contribution in [0.5, 0.6) is 11.5 Å². The smallest absolute Gasteiger partial charge is 0.265 e. The second kappa shape index (κ2) is 7.92. The molecule has 1 aliphatic carbocycles. The third-order valence-corrected chi connectivity index (χ3v) is 5.18. The molecule has 2 aromatic rings. The fraction of sp³-hybridized carbons (Fsp3) is 0.364. The molecule has 6 nitrogen and oxygen atoms in total. The van der Waals surface area contributed by atoms with Crippen LogP contribution in [0.4, 0.5) is 5.69 Å². The molecule has 0 aromatic heterocycles. The summed E-state index contributed by atoms with van der Waals surface area (Å²) in [5.41, 5.74) is 1.81. The van der Waals surface area contributed by atoms with Crippen LogP contribution >= 0.6 is 0 Å². The summed E-state index contributed by atoms with van der Waals surface area (Å²) in [6.07, 6.45) is 2.38. The zero-order valence-corrected chi connectivity index (χ0v) is 16.0. The second-order valence-electron chi connectivity index (χ2n) is 7.15. The van der Waals surface area contributed by atoms with E-state index in [9.17, 15) is 9.59 Å². The summed E-state index contributed by atoms with van der Waals surface area (Å²) in [7, 11) is 1.64. The van der Waals surface area contributed by atoms with Gasteiger partial charge in [-0.2, -0.15) is 0 Å². The highest BCUT2D eigenvalue weighted by Crippen LogP contribution is 2.32. The number of carbonyl (C=O) groups excluding carboxylic acids is 2. The Hall–Kier alpha value is -3.02. The van der Waals surface area contributed by atoms with Crippen molar-refractivity contribution >= 4 is 17.5 Å². The Morgan fingerprint density at radius 2 is 1.93 bits per heavy atom. The van der Waals surface area contributed by atoms with Gasteiger partial charge in [-0.25, -0.2) is 0 Å². The van der Waals surface area contributed by atoms with Crippen molar-refractivity contribution in [1.82, 2.24) is 4.90 Å². The van der Waals surface area contributed by atoms with E-state index in [-0.39, 0.29) is 18.4 Å². The van der Waals surface area contributed by atoms with Gasteiger partial charge < -0.3 is 19.3 Å².